The van der Waals surface area contributed by atoms with Crippen LogP contribution in [0.15, 0.2) is 30.3 Å². The highest BCUT2D eigenvalue weighted by atomic mass is 32.1. The van der Waals surface area contributed by atoms with Crippen LogP contribution in [0.5, 0.6) is 0 Å². The largest absolute Gasteiger partial charge is 0.480 e. The van der Waals surface area contributed by atoms with Crippen molar-refractivity contribution in [1.29, 1.82) is 0 Å². The van der Waals surface area contributed by atoms with Crippen molar-refractivity contribution in [2.45, 2.75) is 50.4 Å². The molecule has 1 aliphatic heterocycles. The van der Waals surface area contributed by atoms with Crippen LogP contribution in [0.25, 0.3) is 0 Å². The Morgan fingerprint density at radius 3 is 2.43 bits per heavy atom. The van der Waals surface area contributed by atoms with Crippen molar-refractivity contribution in [1.82, 2.24) is 15.5 Å². The first kappa shape index (κ1) is 23.7. The van der Waals surface area contributed by atoms with Gasteiger partial charge in [0.2, 0.25) is 17.7 Å². The van der Waals surface area contributed by atoms with Crippen molar-refractivity contribution < 1.29 is 24.3 Å². The Balaban J connectivity index is 2.07. The van der Waals surface area contributed by atoms with Crippen LogP contribution in [0, 0.1) is 0 Å². The number of nitrogens with zero attached hydrogens (tertiary/aromatic N) is 1. The minimum absolute atomic E-state index is 0.0495. The van der Waals surface area contributed by atoms with Crippen LogP contribution < -0.4 is 16.4 Å². The molecular weight excluding hydrogens is 408 g/mol. The van der Waals surface area contributed by atoms with Gasteiger partial charge in [0.1, 0.15) is 18.1 Å². The van der Waals surface area contributed by atoms with E-state index in [1.807, 2.05) is 6.07 Å². The number of rotatable bonds is 9. The molecule has 1 saturated heterocycles. The van der Waals surface area contributed by atoms with Crippen molar-refractivity contribution in [2.75, 3.05) is 12.3 Å². The highest BCUT2D eigenvalue weighted by Crippen LogP contribution is 2.19. The Labute approximate surface area is 180 Å². The molecule has 9 nitrogen and oxygen atoms in total. The number of likely N-dealkylation sites (tertiary alicyclic amines) is 1. The van der Waals surface area contributed by atoms with Crippen LogP contribution in [0.2, 0.25) is 0 Å². The molecule has 10 heteroatoms. The standard InChI is InChI=1S/C20H28N4O5S/c1-12(21)17(25)23-15(11-30)19(27)24-9-5-8-16(24)18(26)22-14(20(28)29)10-13-6-3-2-4-7-13/h2-4,6-7,12,14-16,30H,5,8-11,21H2,1H3,(H,22,26)(H,23,25)(H,28,29). The highest BCUT2D eigenvalue weighted by Gasteiger charge is 2.38. The van der Waals surface area contributed by atoms with Gasteiger partial charge in [-0.05, 0) is 25.3 Å². The maximum atomic E-state index is 12.9. The van der Waals surface area contributed by atoms with E-state index in [-0.39, 0.29) is 12.2 Å². The zero-order chi connectivity index (χ0) is 22.3. The Morgan fingerprint density at radius 2 is 1.87 bits per heavy atom. The molecule has 4 atom stereocenters. The zero-order valence-electron chi connectivity index (χ0n) is 16.8. The minimum Gasteiger partial charge on any atom is -0.480 e. The molecule has 1 aromatic carbocycles. The van der Waals surface area contributed by atoms with Gasteiger partial charge in [-0.2, -0.15) is 12.6 Å². The number of benzene rings is 1. The Kier molecular flexibility index (Phi) is 8.67. The lowest BCUT2D eigenvalue weighted by molar-refractivity contribution is -0.144. The number of carboxylic acids is 1. The third-order valence-corrected chi connectivity index (χ3v) is 5.31. The van der Waals surface area contributed by atoms with E-state index >= 15 is 0 Å². The first-order valence-corrected chi connectivity index (χ1v) is 10.4. The van der Waals surface area contributed by atoms with Gasteiger partial charge in [-0.15, -0.1) is 0 Å². The predicted octanol–water partition coefficient (Wildman–Crippen LogP) is -0.449. The first-order valence-electron chi connectivity index (χ1n) is 9.79. The third-order valence-electron chi connectivity index (χ3n) is 4.95. The minimum atomic E-state index is -1.15. The molecule has 0 bridgehead atoms. The molecule has 0 aromatic heterocycles. The molecule has 1 fully saturated rings. The van der Waals surface area contributed by atoms with E-state index in [0.717, 1.165) is 5.56 Å². The van der Waals surface area contributed by atoms with E-state index in [4.69, 9.17) is 5.73 Å². The second-order valence-electron chi connectivity index (χ2n) is 7.31. The summed E-state index contributed by atoms with van der Waals surface area (Å²) in [6.45, 7) is 1.84. The molecular formula is C20H28N4O5S. The molecule has 1 aromatic rings. The summed E-state index contributed by atoms with van der Waals surface area (Å²) >= 11 is 4.13. The molecule has 2 rings (SSSR count). The summed E-state index contributed by atoms with van der Waals surface area (Å²) in [5, 5.41) is 14.6. The fourth-order valence-electron chi connectivity index (χ4n) is 3.31. The Morgan fingerprint density at radius 1 is 1.20 bits per heavy atom. The lowest BCUT2D eigenvalue weighted by atomic mass is 10.1. The fraction of sp³-hybridized carbons (Fsp3) is 0.500. The van der Waals surface area contributed by atoms with Gasteiger partial charge in [0.15, 0.2) is 0 Å². The van der Waals surface area contributed by atoms with E-state index in [0.29, 0.717) is 19.4 Å². The van der Waals surface area contributed by atoms with Gasteiger partial charge in [0.05, 0.1) is 6.04 Å². The maximum absolute atomic E-state index is 12.9. The molecule has 0 spiro atoms. The number of nitrogens with two attached hydrogens (primary N) is 1. The van der Waals surface area contributed by atoms with Crippen LogP contribution in [0.4, 0.5) is 0 Å². The Bertz CT molecular complexity index is 774. The smallest absolute Gasteiger partial charge is 0.326 e. The normalized spacial score (nSPS) is 18.9. The number of nitrogens with one attached hydrogen (secondary N) is 2. The molecule has 30 heavy (non-hydrogen) atoms. The molecule has 1 aliphatic rings. The summed E-state index contributed by atoms with van der Waals surface area (Å²) in [5.41, 5.74) is 6.31. The van der Waals surface area contributed by atoms with E-state index < -0.39 is 47.9 Å². The van der Waals surface area contributed by atoms with Gasteiger partial charge in [-0.3, -0.25) is 14.4 Å². The van der Waals surface area contributed by atoms with Crippen LogP contribution in [0.3, 0.4) is 0 Å². The van der Waals surface area contributed by atoms with Crippen molar-refractivity contribution in [3.8, 4) is 0 Å². The van der Waals surface area contributed by atoms with Crippen molar-refractivity contribution in [2.24, 2.45) is 5.73 Å². The van der Waals surface area contributed by atoms with Gasteiger partial charge in [-0.1, -0.05) is 30.3 Å². The van der Waals surface area contributed by atoms with E-state index in [1.54, 1.807) is 24.3 Å². The molecule has 0 aliphatic carbocycles. The lowest BCUT2D eigenvalue weighted by Crippen LogP contribution is -2.57. The van der Waals surface area contributed by atoms with Gasteiger partial charge in [-0.25, -0.2) is 4.79 Å². The Hall–Kier alpha value is -2.59. The van der Waals surface area contributed by atoms with E-state index in [1.165, 1.54) is 11.8 Å². The summed E-state index contributed by atoms with van der Waals surface area (Å²) in [7, 11) is 0. The van der Waals surface area contributed by atoms with Crippen LogP contribution in [-0.4, -0.2) is 70.2 Å². The number of carbonyl (C=O) groups is 4. The summed E-state index contributed by atoms with van der Waals surface area (Å²) < 4.78 is 0. The van der Waals surface area contributed by atoms with Crippen molar-refractivity contribution >= 4 is 36.3 Å². The quantitative estimate of drug-likeness (QED) is 0.332. The number of hydrogen-bond donors (Lipinski definition) is 5. The number of hydrogen-bond acceptors (Lipinski definition) is 6. The number of thiol groups is 1. The second kappa shape index (κ2) is 11.0. The topological polar surface area (TPSA) is 142 Å². The lowest BCUT2D eigenvalue weighted by Gasteiger charge is -2.29. The molecule has 3 amide bonds. The van der Waals surface area contributed by atoms with Crippen LogP contribution >= 0.6 is 12.6 Å². The molecule has 1 heterocycles. The van der Waals surface area contributed by atoms with Crippen molar-refractivity contribution in [3.63, 3.8) is 0 Å². The highest BCUT2D eigenvalue weighted by molar-refractivity contribution is 7.80. The van der Waals surface area contributed by atoms with E-state index in [9.17, 15) is 24.3 Å². The summed E-state index contributed by atoms with van der Waals surface area (Å²) in [4.78, 5) is 50.6. The molecule has 0 radical (unpaired) electrons. The van der Waals surface area contributed by atoms with Gasteiger partial charge < -0.3 is 26.4 Å². The second-order valence-corrected chi connectivity index (χ2v) is 7.68. The predicted molar refractivity (Wildman–Crippen MR) is 114 cm³/mol. The number of aliphatic carboxylic acids is 1. The average molecular weight is 437 g/mol. The van der Waals surface area contributed by atoms with Gasteiger partial charge in [0, 0.05) is 18.7 Å². The van der Waals surface area contributed by atoms with E-state index in [2.05, 4.69) is 23.3 Å². The number of amides is 3. The average Bonchev–Trinajstić information content (AvgIpc) is 3.21. The number of carbonyl (C=O) groups excluding carboxylic acids is 3. The monoisotopic (exact) mass is 436 g/mol. The molecule has 4 unspecified atom stereocenters. The third kappa shape index (κ3) is 6.20. The molecule has 5 N–H and O–H groups in total. The summed E-state index contributed by atoms with van der Waals surface area (Å²) in [6, 6.07) is 5.36. The zero-order valence-corrected chi connectivity index (χ0v) is 17.7. The van der Waals surface area contributed by atoms with Gasteiger partial charge >= 0.3 is 5.97 Å². The summed E-state index contributed by atoms with van der Waals surface area (Å²) in [5.74, 6) is -2.56. The molecule has 0 saturated carbocycles. The van der Waals surface area contributed by atoms with Crippen LogP contribution in [0.1, 0.15) is 25.3 Å². The number of carboxylic acid groups (broad SMARTS) is 1. The van der Waals surface area contributed by atoms with Crippen LogP contribution in [-0.2, 0) is 25.6 Å². The first-order chi connectivity index (χ1) is 14.2. The SMILES string of the molecule is CC(N)C(=O)NC(CS)C(=O)N1CCCC1C(=O)NC(Cc1ccccc1)C(=O)O. The van der Waals surface area contributed by atoms with Crippen molar-refractivity contribution in [3.05, 3.63) is 35.9 Å². The van der Waals surface area contributed by atoms with Gasteiger partial charge in [0.25, 0.3) is 0 Å². The fourth-order valence-corrected chi connectivity index (χ4v) is 3.56. The maximum Gasteiger partial charge on any atom is 0.326 e. The molecule has 164 valence electrons. The summed E-state index contributed by atoms with van der Waals surface area (Å²) in [6.07, 6.45) is 1.14.